The molecule has 0 N–H and O–H groups in total. The molecule has 0 unspecified atom stereocenters. The molecule has 0 aromatic heterocycles. The van der Waals surface area contributed by atoms with E-state index in [1.807, 2.05) is 0 Å². The second kappa shape index (κ2) is 19.9. The molecular weight excluding hydrogens is 367 g/mol. The molecule has 0 radical (unpaired) electrons. The van der Waals surface area contributed by atoms with Gasteiger partial charge in [-0.3, -0.25) is 4.79 Å². The van der Waals surface area contributed by atoms with Crippen molar-refractivity contribution >= 4 is 43.7 Å². The second-order valence-electron chi connectivity index (χ2n) is 2.38. The van der Waals surface area contributed by atoms with Crippen LogP contribution in [0.4, 0.5) is 0 Å². The van der Waals surface area contributed by atoms with Crippen molar-refractivity contribution in [1.29, 1.82) is 0 Å². The van der Waals surface area contributed by atoms with Gasteiger partial charge in [-0.25, -0.2) is 0 Å². The van der Waals surface area contributed by atoms with Crippen LogP contribution in [0.3, 0.4) is 0 Å². The quantitative estimate of drug-likeness (QED) is 0.533. The summed E-state index contributed by atoms with van der Waals surface area (Å²) in [6, 6.07) is 0. The number of methoxy groups -OCH3 is 1. The van der Waals surface area contributed by atoms with Crippen molar-refractivity contribution in [2.75, 3.05) is 26.7 Å². The fraction of sp³-hybridized carbons (Fsp3) is 0.875. The Balaban J connectivity index is -0.0000000463. The molecule has 0 heterocycles. The number of halogens is 5. The zero-order valence-electron chi connectivity index (χ0n) is 11.4. The molecule has 0 fully saturated rings. The molecule has 0 spiro atoms. The summed E-state index contributed by atoms with van der Waals surface area (Å²) >= 11 is -3.11. The summed E-state index contributed by atoms with van der Waals surface area (Å²) < 4.78 is 3.86. The van der Waals surface area contributed by atoms with Gasteiger partial charge in [0.1, 0.15) is 0 Å². The van der Waals surface area contributed by atoms with Gasteiger partial charge in [-0.15, -0.1) is 0 Å². The Morgan fingerprint density at radius 1 is 1.12 bits per heavy atom. The van der Waals surface area contributed by atoms with Gasteiger partial charge < -0.3 is 22.0 Å². The van der Waals surface area contributed by atoms with Gasteiger partial charge in [0.15, 0.2) is 0 Å². The molecule has 0 aliphatic carbocycles. The molecule has 3 nitrogen and oxygen atoms in total. The minimum atomic E-state index is -3.11. The van der Waals surface area contributed by atoms with Gasteiger partial charge in [-0.2, -0.15) is 0 Å². The van der Waals surface area contributed by atoms with Crippen molar-refractivity contribution < 1.29 is 35.7 Å². The van der Waals surface area contributed by atoms with E-state index in [0.29, 0.717) is 6.47 Å². The predicted molar refractivity (Wildman–Crippen MR) is 71.1 cm³/mol. The first kappa shape index (κ1) is 27.0. The SMILES string of the molecule is CCN(CC)CC.COC=O.[Cl-].[Cl][Ti]([Cl])([Cl])[Cl].[H+]. The molecule has 108 valence electrons. The number of ether oxygens (including phenoxy) is 1. The van der Waals surface area contributed by atoms with Crippen molar-refractivity contribution in [2.45, 2.75) is 20.8 Å². The molecule has 0 amide bonds. The maximum atomic E-state index is 8.95. The number of carbonyl (C=O) groups excluding carboxylic acids is 1. The molecule has 0 saturated heterocycles. The van der Waals surface area contributed by atoms with Crippen LogP contribution < -0.4 is 12.4 Å². The number of nitrogens with zero attached hydrogens (tertiary/aromatic N) is 1. The van der Waals surface area contributed by atoms with Gasteiger partial charge in [0.2, 0.25) is 0 Å². The zero-order valence-corrected chi connectivity index (χ0v) is 15.7. The molecular formula is C8H20Cl5NO2Ti. The third-order valence-corrected chi connectivity index (χ3v) is 1.44. The second-order valence-corrected chi connectivity index (χ2v) is 17.9. The van der Waals surface area contributed by atoms with Crippen LogP contribution in [0.25, 0.3) is 0 Å². The predicted octanol–water partition coefficient (Wildman–Crippen LogP) is 1.01. The van der Waals surface area contributed by atoms with Gasteiger partial charge in [0.25, 0.3) is 6.47 Å². The van der Waals surface area contributed by atoms with E-state index in [0.717, 1.165) is 0 Å². The third-order valence-electron chi connectivity index (χ3n) is 1.44. The van der Waals surface area contributed by atoms with E-state index < -0.39 is 12.3 Å². The summed E-state index contributed by atoms with van der Waals surface area (Å²) in [7, 11) is 21.4. The smallest absolute Gasteiger partial charge is 1.00 e. The number of rotatable bonds is 4. The first-order valence-corrected chi connectivity index (χ1v) is 13.3. The average Bonchev–Trinajstić information content (AvgIpc) is 2.18. The van der Waals surface area contributed by atoms with E-state index >= 15 is 0 Å². The molecule has 17 heavy (non-hydrogen) atoms. The van der Waals surface area contributed by atoms with E-state index in [-0.39, 0.29) is 13.8 Å². The molecule has 9 heteroatoms. The summed E-state index contributed by atoms with van der Waals surface area (Å²) in [6.45, 7) is 10.5. The Bertz CT molecular complexity index is 138. The molecule has 0 atom stereocenters. The molecule has 0 aromatic carbocycles. The molecule has 0 rings (SSSR count). The summed E-state index contributed by atoms with van der Waals surface area (Å²) in [5.74, 6) is 0. The summed E-state index contributed by atoms with van der Waals surface area (Å²) in [5, 5.41) is 0. The van der Waals surface area contributed by atoms with Crippen molar-refractivity contribution in [3.8, 4) is 0 Å². The Morgan fingerprint density at radius 3 is 1.29 bits per heavy atom. The molecule has 0 saturated carbocycles. The van der Waals surface area contributed by atoms with Crippen LogP contribution in [0.2, 0.25) is 0 Å². The Hall–Kier alpha value is 1.59. The van der Waals surface area contributed by atoms with Crippen LogP contribution in [0.5, 0.6) is 0 Å². The first-order chi connectivity index (χ1) is 7.26. The fourth-order valence-corrected chi connectivity index (χ4v) is 0.671. The molecule has 0 aliphatic heterocycles. The van der Waals surface area contributed by atoms with Crippen LogP contribution >= 0.6 is 37.2 Å². The van der Waals surface area contributed by atoms with Crippen LogP contribution in [0.1, 0.15) is 22.2 Å². The zero-order chi connectivity index (χ0) is 13.6. The average molecular weight is 387 g/mol. The van der Waals surface area contributed by atoms with E-state index in [2.05, 4.69) is 30.4 Å². The van der Waals surface area contributed by atoms with Gasteiger partial charge in [0, 0.05) is 0 Å². The first-order valence-electron chi connectivity index (χ1n) is 4.71. The van der Waals surface area contributed by atoms with E-state index in [4.69, 9.17) is 42.0 Å². The maximum Gasteiger partial charge on any atom is 1.00 e. The third kappa shape index (κ3) is 57.9. The number of hydrogen-bond donors (Lipinski definition) is 0. The van der Waals surface area contributed by atoms with Gasteiger partial charge in [0.05, 0.1) is 7.11 Å². The van der Waals surface area contributed by atoms with E-state index in [9.17, 15) is 0 Å². The Labute approximate surface area is 131 Å². The number of hydrogen-bond acceptors (Lipinski definition) is 3. The van der Waals surface area contributed by atoms with Crippen LogP contribution in [-0.2, 0) is 21.9 Å². The largest absolute Gasteiger partial charge is 1.00 e. The van der Waals surface area contributed by atoms with Gasteiger partial charge in [-0.05, 0) is 19.6 Å². The van der Waals surface area contributed by atoms with Crippen LogP contribution in [0.15, 0.2) is 0 Å². The van der Waals surface area contributed by atoms with Crippen molar-refractivity contribution in [1.82, 2.24) is 4.90 Å². The number of carbonyl (C=O) groups is 1. The van der Waals surface area contributed by atoms with Gasteiger partial charge in [-0.1, -0.05) is 20.8 Å². The Morgan fingerprint density at radius 2 is 1.29 bits per heavy atom. The standard InChI is InChI=1S/C6H15N.C2H4O2.5ClH.Ti/c1-4-7(5-2)6-3;1-4-2-3;;;;;;/h4-6H2,1-3H3;2H,1H3;5*1H;/q;;;;;;;+4/p-4. The van der Waals surface area contributed by atoms with E-state index in [1.54, 1.807) is 0 Å². The Kier molecular flexibility index (Phi) is 31.7. The minimum Gasteiger partial charge on any atom is 1.00 e. The van der Waals surface area contributed by atoms with Crippen molar-refractivity contribution in [3.05, 3.63) is 0 Å². The van der Waals surface area contributed by atoms with E-state index in [1.165, 1.54) is 26.7 Å². The van der Waals surface area contributed by atoms with Gasteiger partial charge >= 0.3 is 51.0 Å². The van der Waals surface area contributed by atoms with Crippen molar-refractivity contribution in [3.63, 3.8) is 0 Å². The molecule has 0 aliphatic rings. The summed E-state index contributed by atoms with van der Waals surface area (Å²) in [4.78, 5) is 11.3. The molecule has 0 bridgehead atoms. The fourth-order valence-electron chi connectivity index (χ4n) is 0.671. The van der Waals surface area contributed by atoms with Crippen LogP contribution in [-0.4, -0.2) is 38.1 Å². The summed E-state index contributed by atoms with van der Waals surface area (Å²) in [5.41, 5.74) is 0. The summed E-state index contributed by atoms with van der Waals surface area (Å²) in [6.07, 6.45) is 0. The van der Waals surface area contributed by atoms with Crippen LogP contribution in [0, 0.1) is 0 Å². The minimum absolute atomic E-state index is 0. The maximum absolute atomic E-state index is 8.95. The monoisotopic (exact) mass is 385 g/mol. The topological polar surface area (TPSA) is 29.5 Å². The normalized spacial score (nSPS) is 9.00. The molecule has 0 aromatic rings. The van der Waals surface area contributed by atoms with Crippen molar-refractivity contribution in [2.24, 2.45) is 0 Å².